The lowest BCUT2D eigenvalue weighted by atomic mass is 9.99. The Balaban J connectivity index is 1.64. The first kappa shape index (κ1) is 22.9. The molecule has 0 bridgehead atoms. The quantitative estimate of drug-likeness (QED) is 0.371. The van der Waals surface area contributed by atoms with Crippen LogP contribution in [0.15, 0.2) is 48.5 Å². The highest BCUT2D eigenvalue weighted by Gasteiger charge is 2.19. The minimum absolute atomic E-state index is 0.201. The van der Waals surface area contributed by atoms with Crippen LogP contribution in [-0.4, -0.2) is 39.0 Å². The second-order valence-corrected chi connectivity index (χ2v) is 7.45. The maximum absolute atomic E-state index is 12.1. The van der Waals surface area contributed by atoms with Gasteiger partial charge in [-0.05, 0) is 55.2 Å². The Morgan fingerprint density at radius 3 is 2.61 bits per heavy atom. The van der Waals surface area contributed by atoms with E-state index in [2.05, 4.69) is 19.1 Å². The van der Waals surface area contributed by atoms with Crippen molar-refractivity contribution in [1.29, 1.82) is 0 Å². The number of hydrogen-bond donors (Lipinski definition) is 0. The molecule has 0 aromatic heterocycles. The predicted molar refractivity (Wildman–Crippen MR) is 122 cm³/mol. The molecule has 1 aliphatic rings. The van der Waals surface area contributed by atoms with Crippen LogP contribution in [0.5, 0.6) is 11.5 Å². The molecule has 5 nitrogen and oxygen atoms in total. The Morgan fingerprint density at radius 1 is 1.03 bits per heavy atom. The van der Waals surface area contributed by atoms with Crippen molar-refractivity contribution < 1.29 is 23.7 Å². The van der Waals surface area contributed by atoms with Crippen molar-refractivity contribution in [2.45, 2.75) is 33.1 Å². The maximum atomic E-state index is 12.1. The van der Waals surface area contributed by atoms with Crippen LogP contribution in [0.2, 0.25) is 0 Å². The summed E-state index contributed by atoms with van der Waals surface area (Å²) >= 11 is 0. The highest BCUT2D eigenvalue weighted by molar-refractivity contribution is 5.77. The molecular weight excluding hydrogens is 392 g/mol. The number of hydrogen-bond acceptors (Lipinski definition) is 5. The molecule has 1 atom stereocenters. The van der Waals surface area contributed by atoms with E-state index in [4.69, 9.17) is 18.9 Å². The topological polar surface area (TPSA) is 54.0 Å². The molecule has 0 N–H and O–H groups in total. The van der Waals surface area contributed by atoms with Gasteiger partial charge in [-0.3, -0.25) is 4.79 Å². The first-order chi connectivity index (χ1) is 15.2. The van der Waals surface area contributed by atoms with Crippen LogP contribution in [0.3, 0.4) is 0 Å². The van der Waals surface area contributed by atoms with Gasteiger partial charge < -0.3 is 18.9 Å². The van der Waals surface area contributed by atoms with Crippen LogP contribution in [-0.2, 0) is 14.3 Å². The average Bonchev–Trinajstić information content (AvgIpc) is 2.77. The summed E-state index contributed by atoms with van der Waals surface area (Å²) in [6.45, 7) is 6.77. The fourth-order valence-electron chi connectivity index (χ4n) is 3.36. The third kappa shape index (κ3) is 6.86. The molecule has 0 aliphatic carbocycles. The predicted octanol–water partition coefficient (Wildman–Crippen LogP) is 5.52. The Bertz CT molecular complexity index is 857. The Labute approximate surface area is 185 Å². The van der Waals surface area contributed by atoms with Gasteiger partial charge in [0, 0.05) is 12.2 Å². The third-order valence-corrected chi connectivity index (χ3v) is 5.12. The molecule has 1 aliphatic heterocycles. The summed E-state index contributed by atoms with van der Waals surface area (Å²) < 4.78 is 22.3. The lowest BCUT2D eigenvalue weighted by Gasteiger charge is -2.17. The molecule has 0 saturated heterocycles. The molecule has 0 radical (unpaired) electrons. The van der Waals surface area contributed by atoms with E-state index in [9.17, 15) is 4.79 Å². The van der Waals surface area contributed by atoms with Crippen LogP contribution in [0.25, 0.3) is 17.2 Å². The molecule has 31 heavy (non-hydrogen) atoms. The van der Waals surface area contributed by atoms with Crippen LogP contribution >= 0.6 is 0 Å². The van der Waals surface area contributed by atoms with Crippen LogP contribution in [0.4, 0.5) is 0 Å². The van der Waals surface area contributed by atoms with Crippen molar-refractivity contribution >= 4 is 12.0 Å². The first-order valence-electron chi connectivity index (χ1n) is 11.1. The fourth-order valence-corrected chi connectivity index (χ4v) is 3.36. The number of rotatable bonds is 10. The smallest absolute Gasteiger partial charge is 0.312 e. The SMILES string of the molecule is CCCCOCCOc1ccc(-c2ccc3c(c2)/C=C\C(C(=O)OCC)CCO3)cc1. The zero-order chi connectivity index (χ0) is 21.9. The summed E-state index contributed by atoms with van der Waals surface area (Å²) in [5.74, 6) is 1.17. The molecule has 0 fully saturated rings. The van der Waals surface area contributed by atoms with E-state index >= 15 is 0 Å². The summed E-state index contributed by atoms with van der Waals surface area (Å²) in [6, 6.07) is 14.2. The monoisotopic (exact) mass is 424 g/mol. The van der Waals surface area contributed by atoms with Crippen molar-refractivity contribution in [2.75, 3.05) is 33.0 Å². The van der Waals surface area contributed by atoms with E-state index in [1.807, 2.05) is 49.4 Å². The number of esters is 1. The molecule has 166 valence electrons. The van der Waals surface area contributed by atoms with Crippen molar-refractivity contribution in [3.05, 3.63) is 54.1 Å². The van der Waals surface area contributed by atoms with Gasteiger partial charge in [-0.2, -0.15) is 0 Å². The fraction of sp³-hybridized carbons (Fsp3) is 0.423. The van der Waals surface area contributed by atoms with E-state index in [1.165, 1.54) is 0 Å². The van der Waals surface area contributed by atoms with Crippen molar-refractivity contribution in [3.63, 3.8) is 0 Å². The van der Waals surface area contributed by atoms with Crippen molar-refractivity contribution in [1.82, 2.24) is 0 Å². The lowest BCUT2D eigenvalue weighted by Crippen LogP contribution is -2.19. The molecule has 0 amide bonds. The number of unbranched alkanes of at least 4 members (excludes halogenated alkanes) is 1. The standard InChI is InChI=1S/C26H32O5/c1-3-5-15-28-17-18-30-24-11-8-20(9-12-24)22-10-13-25-23(19-22)7-6-21(14-16-31-25)26(27)29-4-2/h6-13,19,21H,3-5,14-18H2,1-2H3/b7-6-. The zero-order valence-corrected chi connectivity index (χ0v) is 18.5. The van der Waals surface area contributed by atoms with Gasteiger partial charge in [0.05, 0.1) is 25.7 Å². The second kappa shape index (κ2) is 12.2. The molecule has 0 spiro atoms. The number of carbonyl (C=O) groups excluding carboxylic acids is 1. The van der Waals surface area contributed by atoms with Gasteiger partial charge in [-0.25, -0.2) is 0 Å². The number of fused-ring (bicyclic) bond motifs is 1. The second-order valence-electron chi connectivity index (χ2n) is 7.45. The van der Waals surface area contributed by atoms with Crippen molar-refractivity contribution in [3.8, 4) is 22.6 Å². The van der Waals surface area contributed by atoms with Crippen LogP contribution in [0, 0.1) is 5.92 Å². The summed E-state index contributed by atoms with van der Waals surface area (Å²) in [5, 5.41) is 0. The highest BCUT2D eigenvalue weighted by Crippen LogP contribution is 2.31. The number of benzene rings is 2. The van der Waals surface area contributed by atoms with Crippen molar-refractivity contribution in [2.24, 2.45) is 5.92 Å². The molecule has 5 heteroatoms. The molecule has 3 rings (SSSR count). The summed E-state index contributed by atoms with van der Waals surface area (Å²) in [4.78, 5) is 12.1. The molecular formula is C26H32O5. The summed E-state index contributed by atoms with van der Waals surface area (Å²) in [6.07, 6.45) is 6.71. The van der Waals surface area contributed by atoms with Gasteiger partial charge in [-0.1, -0.05) is 43.7 Å². The lowest BCUT2D eigenvalue weighted by molar-refractivity contribution is -0.146. The van der Waals surface area contributed by atoms with Gasteiger partial charge >= 0.3 is 5.97 Å². The first-order valence-corrected chi connectivity index (χ1v) is 11.1. The van der Waals surface area contributed by atoms with Gasteiger partial charge in [0.1, 0.15) is 18.1 Å². The highest BCUT2D eigenvalue weighted by atomic mass is 16.5. The normalized spacial score (nSPS) is 16.4. The Hall–Kier alpha value is -2.79. The molecule has 2 aromatic rings. The van der Waals surface area contributed by atoms with Crippen LogP contribution in [0.1, 0.15) is 38.7 Å². The van der Waals surface area contributed by atoms with E-state index in [1.54, 1.807) is 0 Å². The summed E-state index contributed by atoms with van der Waals surface area (Å²) in [5.41, 5.74) is 3.12. The van der Waals surface area contributed by atoms with E-state index < -0.39 is 0 Å². The van der Waals surface area contributed by atoms with E-state index in [-0.39, 0.29) is 11.9 Å². The van der Waals surface area contributed by atoms with Gasteiger partial charge in [0.2, 0.25) is 0 Å². The minimum Gasteiger partial charge on any atom is -0.493 e. The number of carbonyl (C=O) groups is 1. The zero-order valence-electron chi connectivity index (χ0n) is 18.5. The largest absolute Gasteiger partial charge is 0.493 e. The molecule has 1 unspecified atom stereocenters. The van der Waals surface area contributed by atoms with Crippen LogP contribution < -0.4 is 9.47 Å². The van der Waals surface area contributed by atoms with E-state index in [0.29, 0.717) is 32.8 Å². The Kier molecular flexibility index (Phi) is 8.98. The maximum Gasteiger partial charge on any atom is 0.312 e. The minimum atomic E-state index is -0.279. The third-order valence-electron chi connectivity index (χ3n) is 5.12. The van der Waals surface area contributed by atoms with Gasteiger partial charge in [0.25, 0.3) is 0 Å². The van der Waals surface area contributed by atoms with E-state index in [0.717, 1.165) is 47.6 Å². The Morgan fingerprint density at radius 2 is 1.84 bits per heavy atom. The number of ether oxygens (including phenoxy) is 4. The average molecular weight is 425 g/mol. The molecule has 2 aromatic carbocycles. The van der Waals surface area contributed by atoms with Gasteiger partial charge in [0.15, 0.2) is 0 Å². The molecule has 0 saturated carbocycles. The summed E-state index contributed by atoms with van der Waals surface area (Å²) in [7, 11) is 0. The molecule has 1 heterocycles. The van der Waals surface area contributed by atoms with Gasteiger partial charge in [-0.15, -0.1) is 0 Å².